The van der Waals surface area contributed by atoms with Crippen molar-refractivity contribution >= 4 is 22.6 Å². The summed E-state index contributed by atoms with van der Waals surface area (Å²) < 4.78 is 10.9. The van der Waals surface area contributed by atoms with Gasteiger partial charge in [-0.15, -0.1) is 0 Å². The number of carbonyl (C=O) groups is 2. The van der Waals surface area contributed by atoms with Gasteiger partial charge in [0, 0.05) is 42.0 Å². The molecule has 6 heteroatoms. The molecular formula is C21H20N2O4. The van der Waals surface area contributed by atoms with Gasteiger partial charge in [0.2, 0.25) is 5.91 Å². The van der Waals surface area contributed by atoms with Crippen molar-refractivity contribution in [1.82, 2.24) is 10.3 Å². The van der Waals surface area contributed by atoms with Gasteiger partial charge in [-0.3, -0.25) is 9.59 Å². The number of hydrogen-bond acceptors (Lipinski definition) is 4. The number of aromatic amines is 1. The van der Waals surface area contributed by atoms with Gasteiger partial charge in [0.1, 0.15) is 13.2 Å². The molecule has 0 aliphatic carbocycles. The van der Waals surface area contributed by atoms with Crippen LogP contribution in [0.25, 0.3) is 10.9 Å². The van der Waals surface area contributed by atoms with Gasteiger partial charge < -0.3 is 19.8 Å². The van der Waals surface area contributed by atoms with Gasteiger partial charge in [-0.05, 0) is 29.8 Å². The van der Waals surface area contributed by atoms with E-state index in [-0.39, 0.29) is 24.5 Å². The molecule has 2 heterocycles. The van der Waals surface area contributed by atoms with Crippen molar-refractivity contribution < 1.29 is 19.1 Å². The Hall–Kier alpha value is -3.28. The second-order valence-electron chi connectivity index (χ2n) is 6.42. The van der Waals surface area contributed by atoms with Gasteiger partial charge in [0.05, 0.1) is 0 Å². The van der Waals surface area contributed by atoms with E-state index in [0.717, 1.165) is 16.5 Å². The Balaban J connectivity index is 1.30. The standard InChI is InChI=1S/C21H20N2O4/c24-18(14-5-7-19-20(11-14)27-10-9-26-19)6-8-21(25)23-13-15-12-22-17-4-2-1-3-16(15)17/h1-5,7,11-12,22H,6,8-10,13H2,(H,23,25). The molecule has 1 amide bonds. The van der Waals surface area contributed by atoms with E-state index in [4.69, 9.17) is 9.47 Å². The number of Topliss-reactive ketones (excluding diaryl/α,β-unsaturated/α-hetero) is 1. The first-order chi connectivity index (χ1) is 13.2. The van der Waals surface area contributed by atoms with Crippen LogP contribution in [0.15, 0.2) is 48.7 Å². The molecule has 2 aromatic carbocycles. The molecule has 0 saturated carbocycles. The molecule has 1 aliphatic heterocycles. The Morgan fingerprint density at radius 1 is 1.00 bits per heavy atom. The number of ketones is 1. The van der Waals surface area contributed by atoms with Crippen LogP contribution in [0.1, 0.15) is 28.8 Å². The first-order valence-corrected chi connectivity index (χ1v) is 8.95. The lowest BCUT2D eigenvalue weighted by atomic mass is 10.1. The van der Waals surface area contributed by atoms with Crippen molar-refractivity contribution in [2.75, 3.05) is 13.2 Å². The third-order valence-corrected chi connectivity index (χ3v) is 4.59. The molecule has 6 nitrogen and oxygen atoms in total. The second-order valence-corrected chi connectivity index (χ2v) is 6.42. The van der Waals surface area contributed by atoms with Gasteiger partial charge in [-0.2, -0.15) is 0 Å². The highest BCUT2D eigenvalue weighted by molar-refractivity contribution is 5.98. The lowest BCUT2D eigenvalue weighted by Crippen LogP contribution is -2.23. The van der Waals surface area contributed by atoms with Crippen LogP contribution in [-0.2, 0) is 11.3 Å². The third kappa shape index (κ3) is 3.79. The van der Waals surface area contributed by atoms with Gasteiger partial charge in [-0.25, -0.2) is 0 Å². The number of carbonyl (C=O) groups excluding carboxylic acids is 2. The number of fused-ring (bicyclic) bond motifs is 2. The summed E-state index contributed by atoms with van der Waals surface area (Å²) in [6, 6.07) is 13.1. The summed E-state index contributed by atoms with van der Waals surface area (Å²) in [7, 11) is 0. The van der Waals surface area contributed by atoms with Crippen molar-refractivity contribution in [2.24, 2.45) is 0 Å². The maximum Gasteiger partial charge on any atom is 0.220 e. The number of benzene rings is 2. The molecule has 1 aromatic heterocycles. The molecule has 3 aromatic rings. The van der Waals surface area contributed by atoms with Crippen LogP contribution in [0, 0.1) is 0 Å². The smallest absolute Gasteiger partial charge is 0.220 e. The van der Waals surface area contributed by atoms with Crippen LogP contribution >= 0.6 is 0 Å². The lowest BCUT2D eigenvalue weighted by molar-refractivity contribution is -0.121. The minimum Gasteiger partial charge on any atom is -0.486 e. The number of hydrogen-bond donors (Lipinski definition) is 2. The van der Waals surface area contributed by atoms with E-state index >= 15 is 0 Å². The van der Waals surface area contributed by atoms with Gasteiger partial charge in [0.15, 0.2) is 17.3 Å². The van der Waals surface area contributed by atoms with Crippen LogP contribution in [0.3, 0.4) is 0 Å². The Kier molecular flexibility index (Phi) is 4.78. The van der Waals surface area contributed by atoms with Crippen molar-refractivity contribution in [3.05, 3.63) is 59.8 Å². The summed E-state index contributed by atoms with van der Waals surface area (Å²) in [6.45, 7) is 1.42. The molecule has 0 fully saturated rings. The molecule has 4 rings (SSSR count). The number of ether oxygens (including phenoxy) is 2. The molecular weight excluding hydrogens is 344 g/mol. The van der Waals surface area contributed by atoms with E-state index < -0.39 is 0 Å². The SMILES string of the molecule is O=C(CCC(=O)c1ccc2c(c1)OCCO2)NCc1c[nH]c2ccccc12. The predicted octanol–water partition coefficient (Wildman–Crippen LogP) is 3.22. The van der Waals surface area contributed by atoms with Crippen LogP contribution in [0.2, 0.25) is 0 Å². The Morgan fingerprint density at radius 2 is 1.81 bits per heavy atom. The first kappa shape index (κ1) is 17.1. The van der Waals surface area contributed by atoms with Crippen LogP contribution in [0.5, 0.6) is 11.5 Å². The summed E-state index contributed by atoms with van der Waals surface area (Å²) in [5.74, 6) is 0.991. The van der Waals surface area contributed by atoms with E-state index in [0.29, 0.717) is 36.8 Å². The zero-order valence-corrected chi connectivity index (χ0v) is 14.8. The topological polar surface area (TPSA) is 80.4 Å². The summed E-state index contributed by atoms with van der Waals surface area (Å²) in [5, 5.41) is 3.97. The molecule has 138 valence electrons. The maximum absolute atomic E-state index is 12.4. The minimum atomic E-state index is -0.147. The first-order valence-electron chi connectivity index (χ1n) is 8.95. The Labute approximate surface area is 156 Å². The largest absolute Gasteiger partial charge is 0.486 e. The molecule has 0 unspecified atom stereocenters. The predicted molar refractivity (Wildman–Crippen MR) is 101 cm³/mol. The third-order valence-electron chi connectivity index (χ3n) is 4.59. The van der Waals surface area contributed by atoms with E-state index in [1.165, 1.54) is 0 Å². The lowest BCUT2D eigenvalue weighted by Gasteiger charge is -2.18. The van der Waals surface area contributed by atoms with Crippen molar-refractivity contribution in [3.63, 3.8) is 0 Å². The summed E-state index contributed by atoms with van der Waals surface area (Å²) >= 11 is 0. The molecule has 0 saturated heterocycles. The van der Waals surface area contributed by atoms with E-state index in [1.54, 1.807) is 18.2 Å². The highest BCUT2D eigenvalue weighted by Crippen LogP contribution is 2.31. The van der Waals surface area contributed by atoms with Gasteiger partial charge in [0.25, 0.3) is 0 Å². The highest BCUT2D eigenvalue weighted by atomic mass is 16.6. The Morgan fingerprint density at radius 3 is 2.70 bits per heavy atom. The summed E-state index contributed by atoms with van der Waals surface area (Å²) in [6.07, 6.45) is 2.19. The fraction of sp³-hybridized carbons (Fsp3) is 0.238. The second kappa shape index (κ2) is 7.53. The van der Waals surface area contributed by atoms with Gasteiger partial charge >= 0.3 is 0 Å². The fourth-order valence-electron chi connectivity index (χ4n) is 3.15. The van der Waals surface area contributed by atoms with Crippen molar-refractivity contribution in [1.29, 1.82) is 0 Å². The molecule has 0 atom stereocenters. The number of para-hydroxylation sites is 1. The number of aromatic nitrogens is 1. The van der Waals surface area contributed by atoms with E-state index in [2.05, 4.69) is 10.3 Å². The van der Waals surface area contributed by atoms with E-state index in [9.17, 15) is 9.59 Å². The molecule has 0 bridgehead atoms. The van der Waals surface area contributed by atoms with Gasteiger partial charge in [-0.1, -0.05) is 18.2 Å². The minimum absolute atomic E-state index is 0.0887. The van der Waals surface area contributed by atoms with Crippen molar-refractivity contribution in [2.45, 2.75) is 19.4 Å². The average molecular weight is 364 g/mol. The van der Waals surface area contributed by atoms with Crippen LogP contribution < -0.4 is 14.8 Å². The maximum atomic E-state index is 12.4. The normalized spacial score (nSPS) is 12.7. The Bertz CT molecular complexity index is 993. The van der Waals surface area contributed by atoms with Crippen LogP contribution in [0.4, 0.5) is 0 Å². The average Bonchev–Trinajstić information content (AvgIpc) is 3.13. The number of rotatable bonds is 6. The zero-order valence-electron chi connectivity index (χ0n) is 14.8. The molecule has 0 spiro atoms. The molecule has 2 N–H and O–H groups in total. The number of nitrogens with one attached hydrogen (secondary N) is 2. The monoisotopic (exact) mass is 364 g/mol. The zero-order chi connectivity index (χ0) is 18.6. The summed E-state index contributed by atoms with van der Waals surface area (Å²) in [4.78, 5) is 27.7. The molecule has 0 radical (unpaired) electrons. The fourth-order valence-corrected chi connectivity index (χ4v) is 3.15. The highest BCUT2D eigenvalue weighted by Gasteiger charge is 2.16. The number of amides is 1. The number of H-pyrrole nitrogens is 1. The molecule has 1 aliphatic rings. The van der Waals surface area contributed by atoms with Crippen LogP contribution in [-0.4, -0.2) is 29.9 Å². The summed E-state index contributed by atoms with van der Waals surface area (Å²) in [5.41, 5.74) is 2.59. The van der Waals surface area contributed by atoms with E-state index in [1.807, 2.05) is 30.5 Å². The quantitative estimate of drug-likeness (QED) is 0.658. The molecule has 27 heavy (non-hydrogen) atoms. The van der Waals surface area contributed by atoms with Crippen molar-refractivity contribution in [3.8, 4) is 11.5 Å².